The van der Waals surface area contributed by atoms with Gasteiger partial charge in [-0.1, -0.05) is 18.2 Å². The Hall–Kier alpha value is -2.09. The second-order valence-corrected chi connectivity index (χ2v) is 4.99. The second-order valence-electron chi connectivity index (χ2n) is 4.99. The zero-order chi connectivity index (χ0) is 18.9. The van der Waals surface area contributed by atoms with E-state index in [1.807, 2.05) is 30.3 Å². The minimum absolute atomic E-state index is 0.0138. The van der Waals surface area contributed by atoms with Gasteiger partial charge in [-0.2, -0.15) is 0 Å². The molecule has 146 valence electrons. The molecule has 7 heteroatoms. The SMILES string of the molecule is C=C(OCCOCCOCCOCCOc1ccccc1)C(=O)OCC. The Morgan fingerprint density at radius 2 is 1.35 bits per heavy atom. The molecule has 0 bridgehead atoms. The summed E-state index contributed by atoms with van der Waals surface area (Å²) >= 11 is 0. The van der Waals surface area contributed by atoms with E-state index >= 15 is 0 Å². The number of carbonyl (C=O) groups excluding carboxylic acids is 1. The van der Waals surface area contributed by atoms with Crippen LogP contribution in [0.4, 0.5) is 0 Å². The molecule has 0 saturated carbocycles. The Morgan fingerprint density at radius 3 is 1.92 bits per heavy atom. The third-order valence-electron chi connectivity index (χ3n) is 2.99. The van der Waals surface area contributed by atoms with E-state index in [1.165, 1.54) is 0 Å². The van der Waals surface area contributed by atoms with Crippen molar-refractivity contribution in [3.63, 3.8) is 0 Å². The molecule has 0 fully saturated rings. The van der Waals surface area contributed by atoms with Gasteiger partial charge < -0.3 is 28.4 Å². The molecule has 0 aromatic heterocycles. The minimum Gasteiger partial charge on any atom is -0.491 e. The van der Waals surface area contributed by atoms with Gasteiger partial charge in [0.15, 0.2) is 5.76 Å². The predicted molar refractivity (Wildman–Crippen MR) is 96.1 cm³/mol. The molecule has 0 heterocycles. The maximum Gasteiger partial charge on any atom is 0.372 e. The average molecular weight is 368 g/mol. The Morgan fingerprint density at radius 1 is 0.808 bits per heavy atom. The summed E-state index contributed by atoms with van der Waals surface area (Å²) in [6.45, 7) is 8.97. The number of para-hydroxylation sites is 1. The van der Waals surface area contributed by atoms with Crippen molar-refractivity contribution >= 4 is 5.97 Å². The van der Waals surface area contributed by atoms with Crippen molar-refractivity contribution in [3.05, 3.63) is 42.7 Å². The highest BCUT2D eigenvalue weighted by molar-refractivity contribution is 5.85. The van der Waals surface area contributed by atoms with Gasteiger partial charge >= 0.3 is 5.97 Å². The van der Waals surface area contributed by atoms with Crippen LogP contribution in [0.2, 0.25) is 0 Å². The largest absolute Gasteiger partial charge is 0.491 e. The lowest BCUT2D eigenvalue weighted by Crippen LogP contribution is -2.15. The molecule has 0 saturated heterocycles. The van der Waals surface area contributed by atoms with Crippen molar-refractivity contribution in [2.24, 2.45) is 0 Å². The van der Waals surface area contributed by atoms with Crippen LogP contribution in [0.5, 0.6) is 5.75 Å². The highest BCUT2D eigenvalue weighted by atomic mass is 16.6. The van der Waals surface area contributed by atoms with Crippen LogP contribution in [-0.4, -0.2) is 65.4 Å². The van der Waals surface area contributed by atoms with Gasteiger partial charge in [-0.25, -0.2) is 4.79 Å². The number of rotatable bonds is 16. The first-order valence-corrected chi connectivity index (χ1v) is 8.64. The molecule has 1 aromatic carbocycles. The van der Waals surface area contributed by atoms with Crippen LogP contribution in [0.1, 0.15) is 6.92 Å². The molecule has 1 rings (SSSR count). The van der Waals surface area contributed by atoms with Crippen molar-refractivity contribution in [3.8, 4) is 5.75 Å². The second kappa shape index (κ2) is 15.2. The summed E-state index contributed by atoms with van der Waals surface area (Å²) in [5, 5.41) is 0. The maximum atomic E-state index is 11.2. The van der Waals surface area contributed by atoms with E-state index in [0.717, 1.165) is 5.75 Å². The minimum atomic E-state index is -0.551. The molecule has 0 spiro atoms. The topological polar surface area (TPSA) is 72.5 Å². The summed E-state index contributed by atoms with van der Waals surface area (Å²) in [6, 6.07) is 9.60. The maximum absolute atomic E-state index is 11.2. The lowest BCUT2D eigenvalue weighted by Gasteiger charge is -2.09. The number of benzene rings is 1. The molecule has 0 N–H and O–H groups in total. The summed E-state index contributed by atoms with van der Waals surface area (Å²) in [5.41, 5.74) is 0. The molecule has 0 unspecified atom stereocenters. The van der Waals surface area contributed by atoms with Crippen molar-refractivity contribution in [1.29, 1.82) is 0 Å². The summed E-state index contributed by atoms with van der Waals surface area (Å²) < 4.78 is 31.4. The Bertz CT molecular complexity index is 490. The van der Waals surface area contributed by atoms with Gasteiger partial charge in [0.05, 0.1) is 46.2 Å². The number of esters is 1. The lowest BCUT2D eigenvalue weighted by atomic mass is 10.3. The van der Waals surface area contributed by atoms with Gasteiger partial charge in [0.2, 0.25) is 0 Å². The third kappa shape index (κ3) is 11.5. The molecule has 26 heavy (non-hydrogen) atoms. The van der Waals surface area contributed by atoms with Crippen LogP contribution in [-0.2, 0) is 28.5 Å². The zero-order valence-electron chi connectivity index (χ0n) is 15.3. The fraction of sp³-hybridized carbons (Fsp3) is 0.526. The zero-order valence-corrected chi connectivity index (χ0v) is 15.3. The van der Waals surface area contributed by atoms with Crippen molar-refractivity contribution in [2.75, 3.05) is 59.5 Å². The van der Waals surface area contributed by atoms with E-state index in [2.05, 4.69) is 6.58 Å². The van der Waals surface area contributed by atoms with E-state index in [9.17, 15) is 4.79 Å². The van der Waals surface area contributed by atoms with Crippen molar-refractivity contribution in [2.45, 2.75) is 6.92 Å². The van der Waals surface area contributed by atoms with Gasteiger partial charge in [-0.3, -0.25) is 0 Å². The molecule has 0 aliphatic heterocycles. The van der Waals surface area contributed by atoms with Crippen LogP contribution in [0.15, 0.2) is 42.7 Å². The summed E-state index contributed by atoms with van der Waals surface area (Å²) in [7, 11) is 0. The molecule has 1 aromatic rings. The summed E-state index contributed by atoms with van der Waals surface area (Å²) in [6.07, 6.45) is 0. The lowest BCUT2D eigenvalue weighted by molar-refractivity contribution is -0.142. The average Bonchev–Trinajstić information content (AvgIpc) is 2.66. The van der Waals surface area contributed by atoms with E-state index in [1.54, 1.807) is 6.92 Å². The number of hydrogen-bond acceptors (Lipinski definition) is 7. The molecular formula is C19H28O7. The van der Waals surface area contributed by atoms with Crippen LogP contribution in [0.3, 0.4) is 0 Å². The molecule has 0 radical (unpaired) electrons. The number of ether oxygens (including phenoxy) is 6. The van der Waals surface area contributed by atoms with Crippen molar-refractivity contribution in [1.82, 2.24) is 0 Å². The first kappa shape index (κ1) is 22.0. The summed E-state index contributed by atoms with van der Waals surface area (Å²) in [4.78, 5) is 11.2. The Kier molecular flexibility index (Phi) is 12.8. The molecular weight excluding hydrogens is 340 g/mol. The Balaban J connectivity index is 1.79. The van der Waals surface area contributed by atoms with Gasteiger partial charge in [-0.05, 0) is 25.6 Å². The van der Waals surface area contributed by atoms with Crippen LogP contribution < -0.4 is 4.74 Å². The molecule has 0 atom stereocenters. The monoisotopic (exact) mass is 368 g/mol. The first-order valence-electron chi connectivity index (χ1n) is 8.64. The normalized spacial score (nSPS) is 10.3. The standard InChI is InChI=1S/C19H28O7/c1-3-24-19(20)17(2)25-15-13-22-11-9-21-10-12-23-14-16-26-18-7-5-4-6-8-18/h4-8H,2-3,9-16H2,1H3. The molecule has 7 nitrogen and oxygen atoms in total. The summed E-state index contributed by atoms with van der Waals surface area (Å²) in [5.74, 6) is 0.268. The van der Waals surface area contributed by atoms with Gasteiger partial charge in [-0.15, -0.1) is 0 Å². The number of hydrogen-bond donors (Lipinski definition) is 0. The van der Waals surface area contributed by atoms with Gasteiger partial charge in [0, 0.05) is 0 Å². The van der Waals surface area contributed by atoms with Crippen LogP contribution in [0.25, 0.3) is 0 Å². The van der Waals surface area contributed by atoms with E-state index in [4.69, 9.17) is 28.4 Å². The number of carbonyl (C=O) groups is 1. The Labute approximate surface area is 154 Å². The fourth-order valence-electron chi connectivity index (χ4n) is 1.77. The third-order valence-corrected chi connectivity index (χ3v) is 2.99. The fourth-order valence-corrected chi connectivity index (χ4v) is 1.77. The van der Waals surface area contributed by atoms with Crippen LogP contribution >= 0.6 is 0 Å². The predicted octanol–water partition coefficient (Wildman–Crippen LogP) is 2.21. The smallest absolute Gasteiger partial charge is 0.372 e. The highest BCUT2D eigenvalue weighted by Crippen LogP contribution is 2.07. The van der Waals surface area contributed by atoms with E-state index < -0.39 is 5.97 Å². The first-order chi connectivity index (χ1) is 12.7. The van der Waals surface area contributed by atoms with Gasteiger partial charge in [0.25, 0.3) is 0 Å². The quantitative estimate of drug-likeness (QED) is 0.192. The molecule has 0 aliphatic carbocycles. The molecule has 0 amide bonds. The highest BCUT2D eigenvalue weighted by Gasteiger charge is 2.08. The van der Waals surface area contributed by atoms with Gasteiger partial charge in [0.1, 0.15) is 19.0 Å². The van der Waals surface area contributed by atoms with Crippen molar-refractivity contribution < 1.29 is 33.2 Å². The van der Waals surface area contributed by atoms with E-state index in [0.29, 0.717) is 52.9 Å². The van der Waals surface area contributed by atoms with E-state index in [-0.39, 0.29) is 12.4 Å². The van der Waals surface area contributed by atoms with Crippen LogP contribution in [0, 0.1) is 0 Å². The molecule has 0 aliphatic rings.